The average molecular weight is 180 g/mol. The SMILES string of the molecule is O=C(O)c1c[nH]c2ccc(F)nc12. The van der Waals surface area contributed by atoms with Crippen molar-refractivity contribution in [3.8, 4) is 0 Å². The molecule has 0 spiro atoms. The summed E-state index contributed by atoms with van der Waals surface area (Å²) < 4.78 is 12.6. The number of nitrogens with one attached hydrogen (secondary N) is 1. The molecule has 0 amide bonds. The number of aromatic nitrogens is 2. The van der Waals surface area contributed by atoms with Crippen LogP contribution in [-0.2, 0) is 0 Å². The summed E-state index contributed by atoms with van der Waals surface area (Å²) in [7, 11) is 0. The first-order valence-electron chi connectivity index (χ1n) is 3.55. The molecule has 66 valence electrons. The summed E-state index contributed by atoms with van der Waals surface area (Å²) in [4.78, 5) is 16.8. The lowest BCUT2D eigenvalue weighted by molar-refractivity contribution is 0.0699. The van der Waals surface area contributed by atoms with Crippen LogP contribution in [0.4, 0.5) is 4.39 Å². The predicted octanol–water partition coefficient (Wildman–Crippen LogP) is 1.40. The summed E-state index contributed by atoms with van der Waals surface area (Å²) in [6, 6.07) is 2.62. The summed E-state index contributed by atoms with van der Waals surface area (Å²) in [5.41, 5.74) is 0.640. The quantitative estimate of drug-likeness (QED) is 0.652. The maximum absolute atomic E-state index is 12.6. The molecule has 0 fully saturated rings. The standard InChI is InChI=1S/C8H5FN2O2/c9-6-2-1-5-7(11-6)4(3-10-5)8(12)13/h1-3,10H,(H,12,13). The first-order valence-corrected chi connectivity index (χ1v) is 3.55. The third-order valence-electron chi connectivity index (χ3n) is 1.72. The zero-order valence-corrected chi connectivity index (χ0v) is 6.41. The molecule has 0 atom stereocenters. The van der Waals surface area contributed by atoms with Gasteiger partial charge in [-0.05, 0) is 12.1 Å². The summed E-state index contributed by atoms with van der Waals surface area (Å²) in [5.74, 6) is -1.81. The number of H-pyrrole nitrogens is 1. The molecule has 0 radical (unpaired) electrons. The molecular weight excluding hydrogens is 175 g/mol. The van der Waals surface area contributed by atoms with Crippen LogP contribution in [-0.4, -0.2) is 21.0 Å². The average Bonchev–Trinajstić information content (AvgIpc) is 2.46. The molecule has 5 heteroatoms. The molecule has 0 aromatic carbocycles. The van der Waals surface area contributed by atoms with Crippen LogP contribution in [0.5, 0.6) is 0 Å². The number of carboxylic acid groups (broad SMARTS) is 1. The van der Waals surface area contributed by atoms with E-state index in [4.69, 9.17) is 5.11 Å². The molecular formula is C8H5FN2O2. The second-order valence-corrected chi connectivity index (χ2v) is 2.54. The third kappa shape index (κ3) is 1.14. The minimum absolute atomic E-state index is 0.0190. The van der Waals surface area contributed by atoms with Crippen molar-refractivity contribution >= 4 is 17.0 Å². The van der Waals surface area contributed by atoms with Crippen LogP contribution < -0.4 is 0 Å². The molecule has 0 saturated heterocycles. The normalized spacial score (nSPS) is 10.5. The second kappa shape index (κ2) is 2.55. The van der Waals surface area contributed by atoms with Crippen molar-refractivity contribution < 1.29 is 14.3 Å². The van der Waals surface area contributed by atoms with Crippen LogP contribution in [0.2, 0.25) is 0 Å². The Morgan fingerprint density at radius 1 is 1.54 bits per heavy atom. The smallest absolute Gasteiger partial charge is 0.339 e. The number of nitrogens with zero attached hydrogens (tertiary/aromatic N) is 1. The highest BCUT2D eigenvalue weighted by Gasteiger charge is 2.11. The lowest BCUT2D eigenvalue weighted by Crippen LogP contribution is -1.95. The van der Waals surface area contributed by atoms with Gasteiger partial charge >= 0.3 is 5.97 Å². The topological polar surface area (TPSA) is 66.0 Å². The van der Waals surface area contributed by atoms with Crippen molar-refractivity contribution in [2.75, 3.05) is 0 Å². The number of aromatic carboxylic acids is 1. The van der Waals surface area contributed by atoms with Crippen LogP contribution in [0.1, 0.15) is 10.4 Å². The second-order valence-electron chi connectivity index (χ2n) is 2.54. The highest BCUT2D eigenvalue weighted by Crippen LogP contribution is 2.15. The summed E-state index contributed by atoms with van der Waals surface area (Å²) in [6.07, 6.45) is 1.29. The van der Waals surface area contributed by atoms with Gasteiger partial charge in [0.25, 0.3) is 0 Å². The molecule has 0 unspecified atom stereocenters. The lowest BCUT2D eigenvalue weighted by Gasteiger charge is -1.90. The largest absolute Gasteiger partial charge is 0.478 e. The third-order valence-corrected chi connectivity index (χ3v) is 1.72. The fourth-order valence-corrected chi connectivity index (χ4v) is 1.14. The molecule has 0 aliphatic heterocycles. The number of rotatable bonds is 1. The lowest BCUT2D eigenvalue weighted by atomic mass is 10.3. The zero-order valence-electron chi connectivity index (χ0n) is 6.41. The Labute approximate surface area is 72.0 Å². The van der Waals surface area contributed by atoms with E-state index in [-0.39, 0.29) is 11.1 Å². The van der Waals surface area contributed by atoms with E-state index < -0.39 is 11.9 Å². The van der Waals surface area contributed by atoms with Crippen LogP contribution >= 0.6 is 0 Å². The van der Waals surface area contributed by atoms with Crippen molar-refractivity contribution in [3.63, 3.8) is 0 Å². The number of halogens is 1. The van der Waals surface area contributed by atoms with E-state index >= 15 is 0 Å². The molecule has 4 nitrogen and oxygen atoms in total. The van der Waals surface area contributed by atoms with Gasteiger partial charge in [0.05, 0.1) is 5.52 Å². The summed E-state index contributed by atoms with van der Waals surface area (Å²) in [5, 5.41) is 8.68. The van der Waals surface area contributed by atoms with Gasteiger partial charge in [-0.15, -0.1) is 0 Å². The molecule has 0 bridgehead atoms. The van der Waals surface area contributed by atoms with E-state index in [1.165, 1.54) is 18.3 Å². The summed E-state index contributed by atoms with van der Waals surface area (Å²) in [6.45, 7) is 0. The van der Waals surface area contributed by atoms with Crippen molar-refractivity contribution in [1.82, 2.24) is 9.97 Å². The van der Waals surface area contributed by atoms with Gasteiger partial charge < -0.3 is 10.1 Å². The van der Waals surface area contributed by atoms with Crippen LogP contribution in [0.15, 0.2) is 18.3 Å². The van der Waals surface area contributed by atoms with Crippen molar-refractivity contribution in [1.29, 1.82) is 0 Å². The number of fused-ring (bicyclic) bond motifs is 1. The van der Waals surface area contributed by atoms with E-state index in [9.17, 15) is 9.18 Å². The number of carbonyl (C=O) groups is 1. The Hall–Kier alpha value is -1.91. The van der Waals surface area contributed by atoms with Gasteiger partial charge in [-0.3, -0.25) is 0 Å². The fourth-order valence-electron chi connectivity index (χ4n) is 1.14. The first-order chi connectivity index (χ1) is 6.18. The van der Waals surface area contributed by atoms with E-state index in [2.05, 4.69) is 9.97 Å². The van der Waals surface area contributed by atoms with Crippen LogP contribution in [0, 0.1) is 5.95 Å². The highest BCUT2D eigenvalue weighted by molar-refractivity contribution is 6.01. The molecule has 0 saturated carbocycles. The monoisotopic (exact) mass is 180 g/mol. The Balaban J connectivity index is 2.79. The number of carboxylic acids is 1. The van der Waals surface area contributed by atoms with E-state index in [0.717, 1.165) is 0 Å². The first kappa shape index (κ1) is 7.72. The van der Waals surface area contributed by atoms with Crippen molar-refractivity contribution in [3.05, 3.63) is 29.8 Å². The number of hydrogen-bond acceptors (Lipinski definition) is 2. The van der Waals surface area contributed by atoms with Gasteiger partial charge in [0.1, 0.15) is 11.1 Å². The predicted molar refractivity (Wildman–Crippen MR) is 43.0 cm³/mol. The van der Waals surface area contributed by atoms with Crippen LogP contribution in [0.25, 0.3) is 11.0 Å². The molecule has 2 aromatic heterocycles. The Bertz CT molecular complexity index is 478. The van der Waals surface area contributed by atoms with Gasteiger partial charge in [0.15, 0.2) is 0 Å². The fraction of sp³-hybridized carbons (Fsp3) is 0. The summed E-state index contributed by atoms with van der Waals surface area (Å²) >= 11 is 0. The minimum Gasteiger partial charge on any atom is -0.478 e. The van der Waals surface area contributed by atoms with Gasteiger partial charge in [-0.2, -0.15) is 4.39 Å². The maximum Gasteiger partial charge on any atom is 0.339 e. The van der Waals surface area contributed by atoms with Crippen LogP contribution in [0.3, 0.4) is 0 Å². The van der Waals surface area contributed by atoms with E-state index in [1.54, 1.807) is 0 Å². The zero-order chi connectivity index (χ0) is 9.42. The minimum atomic E-state index is -1.12. The molecule has 2 N–H and O–H groups in total. The van der Waals surface area contributed by atoms with Gasteiger partial charge in [0, 0.05) is 6.20 Å². The molecule has 2 aromatic rings. The van der Waals surface area contributed by atoms with Gasteiger partial charge in [-0.25, -0.2) is 9.78 Å². The molecule has 2 heterocycles. The molecule has 0 aliphatic rings. The van der Waals surface area contributed by atoms with Crippen molar-refractivity contribution in [2.24, 2.45) is 0 Å². The maximum atomic E-state index is 12.6. The van der Waals surface area contributed by atoms with Crippen molar-refractivity contribution in [2.45, 2.75) is 0 Å². The van der Waals surface area contributed by atoms with E-state index in [0.29, 0.717) is 5.52 Å². The Kier molecular flexibility index (Phi) is 1.51. The Morgan fingerprint density at radius 2 is 2.31 bits per heavy atom. The number of hydrogen-bond donors (Lipinski definition) is 2. The van der Waals surface area contributed by atoms with E-state index in [1.807, 2.05) is 0 Å². The molecule has 0 aliphatic carbocycles. The molecule has 13 heavy (non-hydrogen) atoms. The molecule has 2 rings (SSSR count). The van der Waals surface area contributed by atoms with Gasteiger partial charge in [-0.1, -0.05) is 0 Å². The number of pyridine rings is 1. The highest BCUT2D eigenvalue weighted by atomic mass is 19.1. The number of aromatic amines is 1. The van der Waals surface area contributed by atoms with Gasteiger partial charge in [0.2, 0.25) is 5.95 Å². The Morgan fingerprint density at radius 3 is 3.00 bits per heavy atom.